The van der Waals surface area contributed by atoms with E-state index < -0.39 is 30.2 Å². The van der Waals surface area contributed by atoms with Gasteiger partial charge in [-0.1, -0.05) is 6.07 Å². The molecule has 1 amide bonds. The number of carbonyl (C=O) groups is 1. The van der Waals surface area contributed by atoms with E-state index in [1.165, 1.54) is 14.2 Å². The third-order valence-electron chi connectivity index (χ3n) is 3.93. The number of nitrogens with one attached hydrogen (secondary N) is 2. The highest BCUT2D eigenvalue weighted by molar-refractivity contribution is 5.97. The molecule has 0 bridgehead atoms. The molecule has 1 aromatic carbocycles. The van der Waals surface area contributed by atoms with E-state index in [-0.39, 0.29) is 13.2 Å². The van der Waals surface area contributed by atoms with E-state index in [9.17, 15) is 15.0 Å². The summed E-state index contributed by atoms with van der Waals surface area (Å²) in [6.45, 7) is -0.208. The number of methoxy groups -OCH3 is 2. The van der Waals surface area contributed by atoms with Crippen molar-refractivity contribution in [2.24, 2.45) is 0 Å². The Morgan fingerprint density at radius 3 is 2.48 bits per heavy atom. The van der Waals surface area contributed by atoms with E-state index >= 15 is 0 Å². The summed E-state index contributed by atoms with van der Waals surface area (Å²) in [5.41, 5.74) is 0.304. The van der Waals surface area contributed by atoms with Crippen LogP contribution in [0.5, 0.6) is 11.5 Å². The van der Waals surface area contributed by atoms with E-state index in [1.54, 1.807) is 18.2 Å². The lowest BCUT2D eigenvalue weighted by Gasteiger charge is -2.17. The molecule has 1 aromatic rings. The van der Waals surface area contributed by atoms with E-state index in [4.69, 9.17) is 14.6 Å². The van der Waals surface area contributed by atoms with Gasteiger partial charge in [0.05, 0.1) is 50.7 Å². The highest BCUT2D eigenvalue weighted by atomic mass is 16.5. The molecule has 1 aliphatic heterocycles. The van der Waals surface area contributed by atoms with Gasteiger partial charge >= 0.3 is 0 Å². The lowest BCUT2D eigenvalue weighted by molar-refractivity contribution is 0.0197. The number of benzene rings is 1. The zero-order valence-electron chi connectivity index (χ0n) is 13.0. The Morgan fingerprint density at radius 1 is 1.22 bits per heavy atom. The third kappa shape index (κ3) is 3.56. The molecule has 0 saturated carbocycles. The monoisotopic (exact) mass is 326 g/mol. The Bertz CT molecular complexity index is 553. The molecular weight excluding hydrogens is 304 g/mol. The van der Waals surface area contributed by atoms with Gasteiger partial charge in [-0.25, -0.2) is 0 Å². The van der Waals surface area contributed by atoms with Crippen molar-refractivity contribution in [3.05, 3.63) is 23.8 Å². The number of aliphatic hydroxyl groups is 3. The van der Waals surface area contributed by atoms with Crippen LogP contribution in [0.2, 0.25) is 0 Å². The molecule has 1 heterocycles. The molecule has 1 saturated heterocycles. The molecule has 0 spiro atoms. The van der Waals surface area contributed by atoms with Crippen molar-refractivity contribution >= 4 is 5.91 Å². The SMILES string of the molecule is COc1cccc(C(=O)NC[C@H]2N[C@H](CO)[C@@H](O)[C@@H]2O)c1OC. The molecular formula is C15H22N2O6. The summed E-state index contributed by atoms with van der Waals surface area (Å²) in [6, 6.07) is 3.78. The largest absolute Gasteiger partial charge is 0.493 e. The van der Waals surface area contributed by atoms with Crippen molar-refractivity contribution < 1.29 is 29.6 Å². The third-order valence-corrected chi connectivity index (χ3v) is 3.93. The minimum Gasteiger partial charge on any atom is -0.493 e. The fraction of sp³-hybridized carbons (Fsp3) is 0.533. The van der Waals surface area contributed by atoms with Gasteiger partial charge in [0, 0.05) is 6.54 Å². The van der Waals surface area contributed by atoms with E-state index in [0.29, 0.717) is 17.1 Å². The number of para-hydroxylation sites is 1. The number of amides is 1. The quantitative estimate of drug-likeness (QED) is 0.431. The Labute approximate surface area is 134 Å². The minimum absolute atomic E-state index is 0.0912. The highest BCUT2D eigenvalue weighted by Gasteiger charge is 2.40. The summed E-state index contributed by atoms with van der Waals surface area (Å²) >= 11 is 0. The molecule has 0 unspecified atom stereocenters. The van der Waals surface area contributed by atoms with Gasteiger partial charge in [-0.2, -0.15) is 0 Å². The van der Waals surface area contributed by atoms with Crippen LogP contribution in [-0.4, -0.2) is 72.9 Å². The maximum Gasteiger partial charge on any atom is 0.255 e. The van der Waals surface area contributed by atoms with Crippen molar-refractivity contribution in [3.8, 4) is 11.5 Å². The van der Waals surface area contributed by atoms with Gasteiger partial charge in [0.15, 0.2) is 11.5 Å². The summed E-state index contributed by atoms with van der Waals surface area (Å²) in [5, 5.41) is 34.3. The van der Waals surface area contributed by atoms with Gasteiger partial charge in [0.1, 0.15) is 0 Å². The number of hydrogen-bond acceptors (Lipinski definition) is 7. The van der Waals surface area contributed by atoms with Gasteiger partial charge in [-0.3, -0.25) is 4.79 Å². The molecule has 2 rings (SSSR count). The van der Waals surface area contributed by atoms with Gasteiger partial charge in [-0.05, 0) is 12.1 Å². The lowest BCUT2D eigenvalue weighted by Crippen LogP contribution is -2.44. The first kappa shape index (κ1) is 17.5. The van der Waals surface area contributed by atoms with Crippen LogP contribution >= 0.6 is 0 Å². The van der Waals surface area contributed by atoms with Gasteiger partial charge in [0.2, 0.25) is 0 Å². The maximum absolute atomic E-state index is 12.3. The smallest absolute Gasteiger partial charge is 0.255 e. The molecule has 8 heteroatoms. The fourth-order valence-electron chi connectivity index (χ4n) is 2.65. The van der Waals surface area contributed by atoms with Crippen molar-refractivity contribution in [2.45, 2.75) is 24.3 Å². The molecule has 23 heavy (non-hydrogen) atoms. The number of hydrogen-bond donors (Lipinski definition) is 5. The van der Waals surface area contributed by atoms with E-state index in [0.717, 1.165) is 0 Å². The average molecular weight is 326 g/mol. The highest BCUT2D eigenvalue weighted by Crippen LogP contribution is 2.30. The zero-order valence-corrected chi connectivity index (χ0v) is 13.0. The van der Waals surface area contributed by atoms with Crippen LogP contribution in [0.3, 0.4) is 0 Å². The zero-order chi connectivity index (χ0) is 17.0. The van der Waals surface area contributed by atoms with E-state index in [2.05, 4.69) is 10.6 Å². The lowest BCUT2D eigenvalue weighted by atomic mass is 10.1. The Hall–Kier alpha value is -1.87. The van der Waals surface area contributed by atoms with Gasteiger partial charge < -0.3 is 35.4 Å². The average Bonchev–Trinajstić information content (AvgIpc) is 2.86. The van der Waals surface area contributed by atoms with Crippen LogP contribution < -0.4 is 20.1 Å². The summed E-state index contributed by atoms with van der Waals surface area (Å²) in [4.78, 5) is 12.3. The molecule has 0 radical (unpaired) electrons. The van der Waals surface area contributed by atoms with Crippen molar-refractivity contribution in [3.63, 3.8) is 0 Å². The minimum atomic E-state index is -1.08. The first-order valence-electron chi connectivity index (χ1n) is 7.25. The van der Waals surface area contributed by atoms with Crippen LogP contribution in [-0.2, 0) is 0 Å². The molecule has 5 N–H and O–H groups in total. The standard InChI is InChI=1S/C15H22N2O6/c1-22-11-5-3-4-8(14(11)23-2)15(21)16-6-9-12(19)13(20)10(7-18)17-9/h3-5,9-10,12-13,17-20H,6-7H2,1-2H3,(H,16,21)/t9-,10-,12-,13-/m1/s1. The summed E-state index contributed by atoms with van der Waals surface area (Å²) in [5.74, 6) is 0.368. The van der Waals surface area contributed by atoms with Crippen LogP contribution in [0.1, 0.15) is 10.4 Å². The molecule has 128 valence electrons. The second-order valence-electron chi connectivity index (χ2n) is 5.29. The van der Waals surface area contributed by atoms with Crippen LogP contribution in [0.25, 0.3) is 0 Å². The summed E-state index contributed by atoms with van der Waals surface area (Å²) in [6.07, 6.45) is -2.15. The van der Waals surface area contributed by atoms with Gasteiger partial charge in [-0.15, -0.1) is 0 Å². The van der Waals surface area contributed by atoms with Crippen LogP contribution in [0, 0.1) is 0 Å². The molecule has 0 aliphatic carbocycles. The predicted molar refractivity (Wildman–Crippen MR) is 81.7 cm³/mol. The maximum atomic E-state index is 12.3. The second kappa shape index (κ2) is 7.60. The first-order valence-corrected chi connectivity index (χ1v) is 7.25. The fourth-order valence-corrected chi connectivity index (χ4v) is 2.65. The van der Waals surface area contributed by atoms with Crippen LogP contribution in [0.4, 0.5) is 0 Å². The van der Waals surface area contributed by atoms with Crippen LogP contribution in [0.15, 0.2) is 18.2 Å². The van der Waals surface area contributed by atoms with Crippen molar-refractivity contribution in [1.82, 2.24) is 10.6 Å². The van der Waals surface area contributed by atoms with Gasteiger partial charge in [0.25, 0.3) is 5.91 Å². The molecule has 8 nitrogen and oxygen atoms in total. The summed E-state index contributed by atoms with van der Waals surface area (Å²) in [7, 11) is 2.92. The molecule has 0 aromatic heterocycles. The molecule has 1 fully saturated rings. The Morgan fingerprint density at radius 2 is 1.91 bits per heavy atom. The number of ether oxygens (including phenoxy) is 2. The van der Waals surface area contributed by atoms with Crippen molar-refractivity contribution in [1.29, 1.82) is 0 Å². The number of rotatable bonds is 6. The number of carbonyl (C=O) groups excluding carboxylic acids is 1. The molecule has 4 atom stereocenters. The summed E-state index contributed by atoms with van der Waals surface area (Å²) < 4.78 is 10.4. The number of aliphatic hydroxyl groups excluding tert-OH is 3. The second-order valence-corrected chi connectivity index (χ2v) is 5.29. The first-order chi connectivity index (χ1) is 11.0. The molecule has 1 aliphatic rings. The predicted octanol–water partition coefficient (Wildman–Crippen LogP) is -1.51. The van der Waals surface area contributed by atoms with Crippen molar-refractivity contribution in [2.75, 3.05) is 27.4 Å². The Kier molecular flexibility index (Phi) is 5.78. The normalized spacial score (nSPS) is 26.8. The Balaban J connectivity index is 2.03. The topological polar surface area (TPSA) is 120 Å². The van der Waals surface area contributed by atoms with E-state index in [1.807, 2.05) is 0 Å².